The fourth-order valence-corrected chi connectivity index (χ4v) is 2.78. The molecular formula is C19H28IN5O2. The van der Waals surface area contributed by atoms with Crippen molar-refractivity contribution in [1.82, 2.24) is 20.2 Å². The Balaban J connectivity index is 0.00000261. The van der Waals surface area contributed by atoms with Crippen molar-refractivity contribution >= 4 is 29.9 Å². The summed E-state index contributed by atoms with van der Waals surface area (Å²) in [6.45, 7) is 9.70. The van der Waals surface area contributed by atoms with Gasteiger partial charge in [0.2, 0.25) is 6.79 Å². The molecule has 0 saturated carbocycles. The molecule has 0 fully saturated rings. The van der Waals surface area contributed by atoms with Gasteiger partial charge in [0, 0.05) is 25.5 Å². The first-order chi connectivity index (χ1) is 12.7. The minimum atomic E-state index is 0. The van der Waals surface area contributed by atoms with E-state index in [4.69, 9.17) is 9.47 Å². The molecule has 0 aliphatic carbocycles. The summed E-state index contributed by atoms with van der Waals surface area (Å²) >= 11 is 0. The number of ether oxygens (including phenoxy) is 2. The predicted molar refractivity (Wildman–Crippen MR) is 117 cm³/mol. The fourth-order valence-electron chi connectivity index (χ4n) is 2.78. The van der Waals surface area contributed by atoms with Crippen LogP contribution in [0.2, 0.25) is 0 Å². The number of aliphatic imine (C=N–C) groups is 1. The van der Waals surface area contributed by atoms with Gasteiger partial charge in [0.15, 0.2) is 17.5 Å². The van der Waals surface area contributed by atoms with E-state index in [-0.39, 0.29) is 30.8 Å². The number of nitrogens with zero attached hydrogens (tertiary/aromatic N) is 3. The standard InChI is InChI=1S/C19H27N5O2.HI/c1-4-20-19(23-11-18-21-7-8-24(18)12-14(2)3)22-10-15-5-6-16-17(9-15)26-13-25-16;/h5-9,14H,4,10-13H2,1-3H3,(H2,20,22,23);1H. The molecule has 1 aromatic carbocycles. The maximum absolute atomic E-state index is 5.42. The largest absolute Gasteiger partial charge is 0.454 e. The normalized spacial score (nSPS) is 12.8. The van der Waals surface area contributed by atoms with Crippen LogP contribution in [0.3, 0.4) is 0 Å². The van der Waals surface area contributed by atoms with E-state index in [1.54, 1.807) is 0 Å². The SMILES string of the molecule is CCNC(=NCc1ccc2c(c1)OCO2)NCc1nccn1CC(C)C.I. The molecular weight excluding hydrogens is 457 g/mol. The van der Waals surface area contributed by atoms with Gasteiger partial charge in [0.25, 0.3) is 0 Å². The molecule has 3 rings (SSSR count). The van der Waals surface area contributed by atoms with Crippen LogP contribution in [0.25, 0.3) is 0 Å². The van der Waals surface area contributed by atoms with Crippen LogP contribution in [0.15, 0.2) is 35.6 Å². The van der Waals surface area contributed by atoms with E-state index in [0.717, 1.165) is 41.9 Å². The van der Waals surface area contributed by atoms with Crippen molar-refractivity contribution in [3.8, 4) is 11.5 Å². The third kappa shape index (κ3) is 6.02. The first-order valence-corrected chi connectivity index (χ1v) is 9.06. The van der Waals surface area contributed by atoms with Gasteiger partial charge in [-0.05, 0) is 30.5 Å². The molecule has 2 heterocycles. The lowest BCUT2D eigenvalue weighted by atomic mass is 10.2. The number of rotatable bonds is 7. The summed E-state index contributed by atoms with van der Waals surface area (Å²) in [4.78, 5) is 9.11. The maximum atomic E-state index is 5.42. The number of aromatic nitrogens is 2. The van der Waals surface area contributed by atoms with Crippen molar-refractivity contribution in [2.45, 2.75) is 40.4 Å². The van der Waals surface area contributed by atoms with Gasteiger partial charge in [-0.2, -0.15) is 0 Å². The Labute approximate surface area is 177 Å². The van der Waals surface area contributed by atoms with Crippen LogP contribution in [0, 0.1) is 5.92 Å². The molecule has 1 aliphatic rings. The molecule has 0 amide bonds. The minimum absolute atomic E-state index is 0. The van der Waals surface area contributed by atoms with E-state index in [1.807, 2.05) is 30.6 Å². The number of nitrogens with one attached hydrogen (secondary N) is 2. The van der Waals surface area contributed by atoms with Crippen molar-refractivity contribution in [3.63, 3.8) is 0 Å². The Bertz CT molecular complexity index is 760. The second-order valence-electron chi connectivity index (χ2n) is 6.63. The molecule has 0 saturated heterocycles. The molecule has 1 aromatic heterocycles. The monoisotopic (exact) mass is 485 g/mol. The van der Waals surface area contributed by atoms with Crippen LogP contribution < -0.4 is 20.1 Å². The molecule has 27 heavy (non-hydrogen) atoms. The third-order valence-electron chi connectivity index (χ3n) is 3.98. The van der Waals surface area contributed by atoms with E-state index >= 15 is 0 Å². The second-order valence-corrected chi connectivity index (χ2v) is 6.63. The quantitative estimate of drug-likeness (QED) is 0.358. The smallest absolute Gasteiger partial charge is 0.231 e. The summed E-state index contributed by atoms with van der Waals surface area (Å²) in [5.74, 6) is 3.93. The lowest BCUT2D eigenvalue weighted by Crippen LogP contribution is -2.37. The first kappa shape index (κ1) is 21.3. The van der Waals surface area contributed by atoms with Crippen molar-refractivity contribution in [1.29, 1.82) is 0 Å². The molecule has 0 spiro atoms. The van der Waals surface area contributed by atoms with Crippen LogP contribution in [-0.2, 0) is 19.6 Å². The Morgan fingerprint density at radius 1 is 1.26 bits per heavy atom. The van der Waals surface area contributed by atoms with Gasteiger partial charge >= 0.3 is 0 Å². The lowest BCUT2D eigenvalue weighted by Gasteiger charge is -2.13. The van der Waals surface area contributed by atoms with Crippen molar-refractivity contribution in [3.05, 3.63) is 42.0 Å². The molecule has 8 heteroatoms. The second kappa shape index (κ2) is 10.4. The van der Waals surface area contributed by atoms with E-state index in [2.05, 4.69) is 45.9 Å². The van der Waals surface area contributed by atoms with Gasteiger partial charge in [0.05, 0.1) is 13.1 Å². The number of halogens is 1. The van der Waals surface area contributed by atoms with Crippen molar-refractivity contribution in [2.24, 2.45) is 10.9 Å². The van der Waals surface area contributed by atoms with Gasteiger partial charge in [-0.1, -0.05) is 19.9 Å². The zero-order chi connectivity index (χ0) is 18.4. The van der Waals surface area contributed by atoms with E-state index in [1.165, 1.54) is 0 Å². The van der Waals surface area contributed by atoms with E-state index < -0.39 is 0 Å². The van der Waals surface area contributed by atoms with Crippen molar-refractivity contribution < 1.29 is 9.47 Å². The molecule has 148 valence electrons. The summed E-state index contributed by atoms with van der Waals surface area (Å²) in [5.41, 5.74) is 1.08. The topological polar surface area (TPSA) is 72.7 Å². The Hall–Kier alpha value is -1.97. The number of hydrogen-bond acceptors (Lipinski definition) is 4. The van der Waals surface area contributed by atoms with Crippen LogP contribution in [-0.4, -0.2) is 28.8 Å². The highest BCUT2D eigenvalue weighted by Gasteiger charge is 2.13. The summed E-state index contributed by atoms with van der Waals surface area (Å²) in [5, 5.41) is 6.63. The summed E-state index contributed by atoms with van der Waals surface area (Å²) in [6.07, 6.45) is 3.86. The third-order valence-corrected chi connectivity index (χ3v) is 3.98. The molecule has 0 unspecified atom stereocenters. The van der Waals surface area contributed by atoms with E-state index in [9.17, 15) is 0 Å². The number of hydrogen-bond donors (Lipinski definition) is 2. The Kier molecular flexibility index (Phi) is 8.21. The van der Waals surface area contributed by atoms with Crippen LogP contribution in [0.4, 0.5) is 0 Å². The summed E-state index contributed by atoms with van der Waals surface area (Å²) in [7, 11) is 0. The molecule has 0 radical (unpaired) electrons. The zero-order valence-corrected chi connectivity index (χ0v) is 18.4. The molecule has 2 N–H and O–H groups in total. The maximum Gasteiger partial charge on any atom is 0.231 e. The fraction of sp³-hybridized carbons (Fsp3) is 0.474. The zero-order valence-electron chi connectivity index (χ0n) is 16.1. The minimum Gasteiger partial charge on any atom is -0.454 e. The molecule has 0 bridgehead atoms. The highest BCUT2D eigenvalue weighted by atomic mass is 127. The highest BCUT2D eigenvalue weighted by molar-refractivity contribution is 14.0. The number of fused-ring (bicyclic) bond motifs is 1. The number of imidazole rings is 1. The lowest BCUT2D eigenvalue weighted by molar-refractivity contribution is 0.174. The molecule has 7 nitrogen and oxygen atoms in total. The highest BCUT2D eigenvalue weighted by Crippen LogP contribution is 2.32. The summed E-state index contributed by atoms with van der Waals surface area (Å²) in [6, 6.07) is 5.91. The van der Waals surface area contributed by atoms with Crippen LogP contribution >= 0.6 is 24.0 Å². The predicted octanol–water partition coefficient (Wildman–Crippen LogP) is 3.14. The molecule has 1 aliphatic heterocycles. The van der Waals surface area contributed by atoms with Gasteiger partial charge in [0.1, 0.15) is 5.82 Å². The number of guanidine groups is 1. The Morgan fingerprint density at radius 2 is 2.07 bits per heavy atom. The van der Waals surface area contributed by atoms with Gasteiger partial charge < -0.3 is 24.7 Å². The van der Waals surface area contributed by atoms with Crippen LogP contribution in [0.5, 0.6) is 11.5 Å². The first-order valence-electron chi connectivity index (χ1n) is 9.06. The van der Waals surface area contributed by atoms with Gasteiger partial charge in [-0.25, -0.2) is 9.98 Å². The average molecular weight is 485 g/mol. The Morgan fingerprint density at radius 3 is 2.85 bits per heavy atom. The van der Waals surface area contributed by atoms with Crippen LogP contribution in [0.1, 0.15) is 32.2 Å². The molecule has 2 aromatic rings. The van der Waals surface area contributed by atoms with E-state index in [0.29, 0.717) is 19.0 Å². The summed E-state index contributed by atoms with van der Waals surface area (Å²) < 4.78 is 12.9. The van der Waals surface area contributed by atoms with Gasteiger partial charge in [-0.15, -0.1) is 24.0 Å². The van der Waals surface area contributed by atoms with Crippen molar-refractivity contribution in [2.75, 3.05) is 13.3 Å². The van der Waals surface area contributed by atoms with Gasteiger partial charge in [-0.3, -0.25) is 0 Å². The average Bonchev–Trinajstić information content (AvgIpc) is 3.25. The number of benzene rings is 1. The molecule has 0 atom stereocenters.